The number of pyridine rings is 1. The first-order chi connectivity index (χ1) is 8.63. The summed E-state index contributed by atoms with van der Waals surface area (Å²) in [7, 11) is 0. The minimum atomic E-state index is -0.475. The van der Waals surface area contributed by atoms with Crippen LogP contribution in [0.1, 0.15) is 22.7 Å². The number of nitrogens with two attached hydrogens (primary N) is 1. The van der Waals surface area contributed by atoms with Crippen LogP contribution < -0.4 is 11.3 Å². The van der Waals surface area contributed by atoms with Gasteiger partial charge in [-0.1, -0.05) is 11.6 Å². The van der Waals surface area contributed by atoms with E-state index in [1.165, 1.54) is 12.1 Å². The summed E-state index contributed by atoms with van der Waals surface area (Å²) in [6, 6.07) is 5.77. The predicted octanol–water partition coefficient (Wildman–Crippen LogP) is 2.74. The lowest BCUT2D eigenvalue weighted by Crippen LogP contribution is -2.30. The van der Waals surface area contributed by atoms with Crippen LogP contribution >= 0.6 is 11.6 Å². The SMILES string of the molecule is Cc1ccncc1C(NN)c1cc(Cl)ccc1F. The molecule has 0 spiro atoms. The summed E-state index contributed by atoms with van der Waals surface area (Å²) in [6.45, 7) is 1.92. The van der Waals surface area contributed by atoms with Crippen molar-refractivity contribution in [1.82, 2.24) is 10.4 Å². The molecule has 5 heteroatoms. The maximum Gasteiger partial charge on any atom is 0.128 e. The number of hydrogen-bond acceptors (Lipinski definition) is 3. The molecule has 2 aromatic rings. The first-order valence-corrected chi connectivity index (χ1v) is 5.83. The average Bonchev–Trinajstić information content (AvgIpc) is 2.36. The normalized spacial score (nSPS) is 12.4. The molecule has 1 aromatic heterocycles. The lowest BCUT2D eigenvalue weighted by atomic mass is 9.97. The lowest BCUT2D eigenvalue weighted by molar-refractivity contribution is 0.558. The number of benzene rings is 1. The minimum Gasteiger partial charge on any atom is -0.271 e. The third-order valence-electron chi connectivity index (χ3n) is 2.83. The summed E-state index contributed by atoms with van der Waals surface area (Å²) < 4.78 is 13.8. The maximum absolute atomic E-state index is 13.8. The molecule has 0 amide bonds. The Kier molecular flexibility index (Phi) is 3.91. The molecule has 1 aromatic carbocycles. The Bertz CT molecular complexity index is 560. The highest BCUT2D eigenvalue weighted by Gasteiger charge is 2.18. The molecular weight excluding hydrogens is 253 g/mol. The second kappa shape index (κ2) is 5.44. The number of aromatic nitrogens is 1. The zero-order valence-corrected chi connectivity index (χ0v) is 10.6. The molecule has 0 aliphatic rings. The van der Waals surface area contributed by atoms with Crippen molar-refractivity contribution in [3.8, 4) is 0 Å². The van der Waals surface area contributed by atoms with Gasteiger partial charge in [-0.05, 0) is 42.3 Å². The number of rotatable bonds is 3. The molecule has 0 aliphatic heterocycles. The topological polar surface area (TPSA) is 50.9 Å². The number of halogens is 2. The van der Waals surface area contributed by atoms with Gasteiger partial charge in [-0.2, -0.15) is 0 Å². The Labute approximate surface area is 110 Å². The van der Waals surface area contributed by atoms with Crippen LogP contribution in [-0.4, -0.2) is 4.98 Å². The molecule has 0 radical (unpaired) electrons. The van der Waals surface area contributed by atoms with Crippen molar-refractivity contribution < 1.29 is 4.39 Å². The van der Waals surface area contributed by atoms with E-state index in [1.54, 1.807) is 18.5 Å². The first-order valence-electron chi connectivity index (χ1n) is 5.45. The highest BCUT2D eigenvalue weighted by Crippen LogP contribution is 2.27. The number of nitrogens with one attached hydrogen (secondary N) is 1. The van der Waals surface area contributed by atoms with Gasteiger partial charge >= 0.3 is 0 Å². The van der Waals surface area contributed by atoms with Crippen LogP contribution in [0, 0.1) is 12.7 Å². The molecule has 0 saturated heterocycles. The molecular formula is C13H13ClFN3. The summed E-state index contributed by atoms with van der Waals surface area (Å²) in [5.74, 6) is 5.18. The van der Waals surface area contributed by atoms with Gasteiger partial charge < -0.3 is 0 Å². The molecule has 18 heavy (non-hydrogen) atoms. The Hall–Kier alpha value is -1.49. The predicted molar refractivity (Wildman–Crippen MR) is 69.6 cm³/mol. The van der Waals surface area contributed by atoms with Gasteiger partial charge in [-0.25, -0.2) is 9.82 Å². The fraction of sp³-hybridized carbons (Fsp3) is 0.154. The lowest BCUT2D eigenvalue weighted by Gasteiger charge is -2.19. The van der Waals surface area contributed by atoms with Crippen molar-refractivity contribution >= 4 is 11.6 Å². The highest BCUT2D eigenvalue weighted by molar-refractivity contribution is 6.30. The van der Waals surface area contributed by atoms with E-state index in [9.17, 15) is 4.39 Å². The fourth-order valence-corrected chi connectivity index (χ4v) is 2.04. The van der Waals surface area contributed by atoms with E-state index in [-0.39, 0.29) is 5.82 Å². The monoisotopic (exact) mass is 265 g/mol. The standard InChI is InChI=1S/C13H13ClFN3/c1-8-4-5-17-7-11(8)13(18-16)10-6-9(14)2-3-12(10)15/h2-7,13,18H,16H2,1H3. The van der Waals surface area contributed by atoms with Crippen molar-refractivity contribution in [2.75, 3.05) is 0 Å². The Morgan fingerprint density at radius 2 is 2.11 bits per heavy atom. The molecule has 0 bridgehead atoms. The van der Waals surface area contributed by atoms with Gasteiger partial charge in [0.05, 0.1) is 6.04 Å². The third kappa shape index (κ3) is 2.51. The van der Waals surface area contributed by atoms with Gasteiger partial charge in [0.1, 0.15) is 5.82 Å². The molecule has 1 atom stereocenters. The van der Waals surface area contributed by atoms with E-state index in [0.717, 1.165) is 11.1 Å². The second-order valence-corrected chi connectivity index (χ2v) is 4.43. The Morgan fingerprint density at radius 1 is 1.33 bits per heavy atom. The van der Waals surface area contributed by atoms with Crippen molar-refractivity contribution in [2.45, 2.75) is 13.0 Å². The van der Waals surface area contributed by atoms with E-state index < -0.39 is 6.04 Å². The average molecular weight is 266 g/mol. The minimum absolute atomic E-state index is 0.356. The van der Waals surface area contributed by atoms with Crippen LogP contribution in [0.15, 0.2) is 36.7 Å². The zero-order chi connectivity index (χ0) is 13.1. The van der Waals surface area contributed by atoms with Crippen LogP contribution in [0.4, 0.5) is 4.39 Å². The summed E-state index contributed by atoms with van der Waals surface area (Å²) in [5, 5.41) is 0.466. The van der Waals surface area contributed by atoms with Gasteiger partial charge in [-0.15, -0.1) is 0 Å². The zero-order valence-electron chi connectivity index (χ0n) is 9.82. The summed E-state index contributed by atoms with van der Waals surface area (Å²) in [6.07, 6.45) is 3.35. The third-order valence-corrected chi connectivity index (χ3v) is 3.06. The largest absolute Gasteiger partial charge is 0.271 e. The molecule has 94 valence electrons. The Balaban J connectivity index is 2.52. The quantitative estimate of drug-likeness (QED) is 0.663. The van der Waals surface area contributed by atoms with E-state index in [1.807, 2.05) is 13.0 Å². The van der Waals surface area contributed by atoms with Crippen molar-refractivity contribution in [1.29, 1.82) is 0 Å². The van der Waals surface area contributed by atoms with Gasteiger partial charge in [0.15, 0.2) is 0 Å². The van der Waals surface area contributed by atoms with Crippen LogP contribution in [0.2, 0.25) is 5.02 Å². The van der Waals surface area contributed by atoms with Gasteiger partial charge in [0.2, 0.25) is 0 Å². The molecule has 0 aliphatic carbocycles. The number of hydrazine groups is 1. The summed E-state index contributed by atoms with van der Waals surface area (Å²) in [5.41, 5.74) is 4.81. The van der Waals surface area contributed by atoms with Crippen LogP contribution in [0.3, 0.4) is 0 Å². The number of nitrogens with zero attached hydrogens (tertiary/aromatic N) is 1. The Morgan fingerprint density at radius 3 is 2.78 bits per heavy atom. The summed E-state index contributed by atoms with van der Waals surface area (Å²) >= 11 is 5.89. The smallest absolute Gasteiger partial charge is 0.128 e. The fourth-order valence-electron chi connectivity index (χ4n) is 1.86. The molecule has 2 rings (SSSR count). The van der Waals surface area contributed by atoms with Gasteiger partial charge in [0, 0.05) is 23.0 Å². The molecule has 0 saturated carbocycles. The van der Waals surface area contributed by atoms with Gasteiger partial charge in [0.25, 0.3) is 0 Å². The molecule has 1 heterocycles. The van der Waals surface area contributed by atoms with E-state index in [4.69, 9.17) is 17.4 Å². The number of aryl methyl sites for hydroxylation is 1. The van der Waals surface area contributed by atoms with Crippen molar-refractivity contribution in [3.63, 3.8) is 0 Å². The first kappa shape index (κ1) is 13.0. The molecule has 3 nitrogen and oxygen atoms in total. The van der Waals surface area contributed by atoms with Crippen LogP contribution in [0.25, 0.3) is 0 Å². The second-order valence-electron chi connectivity index (χ2n) is 4.00. The molecule has 3 N–H and O–H groups in total. The van der Waals surface area contributed by atoms with Crippen molar-refractivity contribution in [3.05, 3.63) is 64.2 Å². The van der Waals surface area contributed by atoms with E-state index in [0.29, 0.717) is 10.6 Å². The van der Waals surface area contributed by atoms with E-state index >= 15 is 0 Å². The summed E-state index contributed by atoms with van der Waals surface area (Å²) in [4.78, 5) is 4.04. The molecule has 1 unspecified atom stereocenters. The van der Waals surface area contributed by atoms with Crippen molar-refractivity contribution in [2.24, 2.45) is 5.84 Å². The number of hydrogen-bond donors (Lipinski definition) is 2. The maximum atomic E-state index is 13.8. The highest BCUT2D eigenvalue weighted by atomic mass is 35.5. The molecule has 0 fully saturated rings. The van der Waals surface area contributed by atoms with Gasteiger partial charge in [-0.3, -0.25) is 10.8 Å². The van der Waals surface area contributed by atoms with Crippen LogP contribution in [-0.2, 0) is 0 Å². The van der Waals surface area contributed by atoms with E-state index in [2.05, 4.69) is 10.4 Å². The van der Waals surface area contributed by atoms with Crippen LogP contribution in [0.5, 0.6) is 0 Å².